The number of rotatable bonds is 6. The lowest BCUT2D eigenvalue weighted by Gasteiger charge is -2.20. The van der Waals surface area contributed by atoms with Gasteiger partial charge in [0.2, 0.25) is 0 Å². The van der Waals surface area contributed by atoms with E-state index in [0.29, 0.717) is 0 Å². The van der Waals surface area contributed by atoms with Gasteiger partial charge < -0.3 is 0 Å². The van der Waals surface area contributed by atoms with Crippen LogP contribution >= 0.6 is 0 Å². The molecule has 0 aliphatic heterocycles. The van der Waals surface area contributed by atoms with Gasteiger partial charge in [0.15, 0.2) is 11.5 Å². The van der Waals surface area contributed by atoms with Crippen molar-refractivity contribution in [1.82, 2.24) is 0 Å². The summed E-state index contributed by atoms with van der Waals surface area (Å²) in [5.74, 6) is -0.947. The van der Waals surface area contributed by atoms with Gasteiger partial charge in [-0.15, -0.1) is 0 Å². The van der Waals surface area contributed by atoms with Crippen molar-refractivity contribution in [3.63, 3.8) is 0 Å². The molecule has 0 radical (unpaired) electrons. The fourth-order valence-corrected chi connectivity index (χ4v) is 1.17. The highest BCUT2D eigenvalue weighted by Crippen LogP contribution is 2.23. The van der Waals surface area contributed by atoms with Crippen molar-refractivity contribution in [2.75, 3.05) is 0 Å². The first-order valence-corrected chi connectivity index (χ1v) is 5.12. The van der Waals surface area contributed by atoms with Gasteiger partial charge in [0.25, 0.3) is 0 Å². The Morgan fingerprint density at radius 1 is 1.21 bits per heavy atom. The van der Waals surface area contributed by atoms with E-state index in [9.17, 15) is 14.0 Å². The highest BCUT2D eigenvalue weighted by molar-refractivity contribution is 6.03. The van der Waals surface area contributed by atoms with Crippen molar-refractivity contribution in [2.45, 2.75) is 52.6 Å². The third-order valence-electron chi connectivity index (χ3n) is 2.60. The predicted octanol–water partition coefficient (Wildman–Crippen LogP) is 2.70. The number of hydrogen-bond acceptors (Lipinski definition) is 2. The summed E-state index contributed by atoms with van der Waals surface area (Å²) in [6, 6.07) is 0. The zero-order valence-electron chi connectivity index (χ0n) is 9.39. The second-order valence-corrected chi connectivity index (χ2v) is 3.89. The molecule has 0 saturated heterocycles. The molecule has 0 aliphatic rings. The van der Waals surface area contributed by atoms with E-state index in [0.717, 1.165) is 0 Å². The quantitative estimate of drug-likeness (QED) is 0.620. The van der Waals surface area contributed by atoms with Gasteiger partial charge in [-0.25, -0.2) is 4.39 Å². The summed E-state index contributed by atoms with van der Waals surface area (Å²) >= 11 is 0. The fraction of sp³-hybridized carbons (Fsp3) is 0.818. The smallest absolute Gasteiger partial charge is 0.177 e. The van der Waals surface area contributed by atoms with E-state index in [1.165, 1.54) is 0 Å². The zero-order valence-corrected chi connectivity index (χ0v) is 9.39. The van der Waals surface area contributed by atoms with Crippen LogP contribution in [0.25, 0.3) is 0 Å². The van der Waals surface area contributed by atoms with Crippen LogP contribution < -0.4 is 0 Å². The second kappa shape index (κ2) is 5.23. The predicted molar refractivity (Wildman–Crippen MR) is 53.9 cm³/mol. The average molecular weight is 202 g/mol. The standard InChI is InChI=1S/C11H19FO2/c1-5-11(12,6-2)10(14)7-9(13)8(3)4/h8H,5-7H2,1-4H3. The Labute approximate surface area is 84.9 Å². The van der Waals surface area contributed by atoms with E-state index < -0.39 is 11.5 Å². The van der Waals surface area contributed by atoms with Gasteiger partial charge in [-0.05, 0) is 12.8 Å². The number of alkyl halides is 1. The van der Waals surface area contributed by atoms with Crippen LogP contribution in [0.15, 0.2) is 0 Å². The minimum atomic E-state index is -1.80. The second-order valence-electron chi connectivity index (χ2n) is 3.89. The van der Waals surface area contributed by atoms with Crippen LogP contribution in [0.2, 0.25) is 0 Å². The summed E-state index contributed by atoms with van der Waals surface area (Å²) in [4.78, 5) is 22.7. The van der Waals surface area contributed by atoms with Crippen LogP contribution in [0, 0.1) is 5.92 Å². The largest absolute Gasteiger partial charge is 0.299 e. The summed E-state index contributed by atoms with van der Waals surface area (Å²) in [5.41, 5.74) is -1.80. The molecular weight excluding hydrogens is 183 g/mol. The molecule has 0 spiro atoms. The fourth-order valence-electron chi connectivity index (χ4n) is 1.17. The van der Waals surface area contributed by atoms with E-state index in [1.807, 2.05) is 0 Å². The summed E-state index contributed by atoms with van der Waals surface area (Å²) in [5, 5.41) is 0. The van der Waals surface area contributed by atoms with Crippen molar-refractivity contribution >= 4 is 11.6 Å². The third kappa shape index (κ3) is 3.20. The zero-order chi connectivity index (χ0) is 11.4. The Bertz CT molecular complexity index is 217. The van der Waals surface area contributed by atoms with E-state index in [1.54, 1.807) is 27.7 Å². The Kier molecular flexibility index (Phi) is 4.95. The molecule has 0 saturated carbocycles. The molecule has 0 amide bonds. The molecule has 0 N–H and O–H groups in total. The number of carbonyl (C=O) groups is 2. The van der Waals surface area contributed by atoms with Gasteiger partial charge in [-0.1, -0.05) is 27.7 Å². The molecule has 3 heteroatoms. The van der Waals surface area contributed by atoms with Crippen LogP contribution in [-0.4, -0.2) is 17.2 Å². The lowest BCUT2D eigenvalue weighted by molar-refractivity contribution is -0.136. The lowest BCUT2D eigenvalue weighted by Crippen LogP contribution is -2.34. The number of halogens is 1. The van der Waals surface area contributed by atoms with Crippen molar-refractivity contribution < 1.29 is 14.0 Å². The Morgan fingerprint density at radius 3 is 1.93 bits per heavy atom. The Morgan fingerprint density at radius 2 is 1.64 bits per heavy atom. The molecule has 0 aromatic rings. The maximum absolute atomic E-state index is 13.8. The van der Waals surface area contributed by atoms with Gasteiger partial charge in [-0.2, -0.15) is 0 Å². The summed E-state index contributed by atoms with van der Waals surface area (Å²) in [6.45, 7) is 6.68. The van der Waals surface area contributed by atoms with Crippen LogP contribution in [-0.2, 0) is 9.59 Å². The van der Waals surface area contributed by atoms with Gasteiger partial charge in [-0.3, -0.25) is 9.59 Å². The van der Waals surface area contributed by atoms with E-state index in [4.69, 9.17) is 0 Å². The first kappa shape index (κ1) is 13.3. The first-order valence-electron chi connectivity index (χ1n) is 5.12. The molecule has 0 bridgehead atoms. The number of hydrogen-bond donors (Lipinski definition) is 0. The van der Waals surface area contributed by atoms with Gasteiger partial charge in [0.05, 0.1) is 6.42 Å². The third-order valence-corrected chi connectivity index (χ3v) is 2.60. The average Bonchev–Trinajstić information content (AvgIpc) is 2.16. The van der Waals surface area contributed by atoms with Gasteiger partial charge in [0, 0.05) is 5.92 Å². The van der Waals surface area contributed by atoms with Gasteiger partial charge in [0.1, 0.15) is 5.78 Å². The van der Waals surface area contributed by atoms with Crippen molar-refractivity contribution in [1.29, 1.82) is 0 Å². The summed E-state index contributed by atoms with van der Waals surface area (Å²) < 4.78 is 13.8. The highest BCUT2D eigenvalue weighted by Gasteiger charge is 2.35. The highest BCUT2D eigenvalue weighted by atomic mass is 19.1. The monoisotopic (exact) mass is 202 g/mol. The molecular formula is C11H19FO2. The molecule has 0 rings (SSSR count). The number of Topliss-reactive ketones (excluding diaryl/α,β-unsaturated/α-hetero) is 2. The van der Waals surface area contributed by atoms with Crippen molar-refractivity contribution in [2.24, 2.45) is 5.92 Å². The van der Waals surface area contributed by atoms with Crippen LogP contribution in [0.1, 0.15) is 47.0 Å². The molecule has 82 valence electrons. The molecule has 2 nitrogen and oxygen atoms in total. The molecule has 0 atom stereocenters. The molecule has 0 aliphatic carbocycles. The van der Waals surface area contributed by atoms with Crippen LogP contribution in [0.3, 0.4) is 0 Å². The summed E-state index contributed by atoms with van der Waals surface area (Å²) in [6.07, 6.45) is 0.0251. The minimum Gasteiger partial charge on any atom is -0.299 e. The molecule has 0 fully saturated rings. The van der Waals surface area contributed by atoms with Gasteiger partial charge >= 0.3 is 0 Å². The number of carbonyl (C=O) groups excluding carboxylic acids is 2. The SMILES string of the molecule is CCC(F)(CC)C(=O)CC(=O)C(C)C. The first-order chi connectivity index (χ1) is 6.37. The Hall–Kier alpha value is -0.730. The molecule has 14 heavy (non-hydrogen) atoms. The molecule has 0 aromatic carbocycles. The molecule has 0 aromatic heterocycles. The van der Waals surface area contributed by atoms with E-state index in [-0.39, 0.29) is 31.0 Å². The molecule has 0 heterocycles. The van der Waals surface area contributed by atoms with Crippen LogP contribution in [0.4, 0.5) is 4.39 Å². The maximum Gasteiger partial charge on any atom is 0.177 e. The van der Waals surface area contributed by atoms with Crippen molar-refractivity contribution in [3.05, 3.63) is 0 Å². The van der Waals surface area contributed by atoms with Crippen LogP contribution in [0.5, 0.6) is 0 Å². The minimum absolute atomic E-state index is 0.147. The topological polar surface area (TPSA) is 34.1 Å². The van der Waals surface area contributed by atoms with Crippen molar-refractivity contribution in [3.8, 4) is 0 Å². The van der Waals surface area contributed by atoms with E-state index >= 15 is 0 Å². The summed E-state index contributed by atoms with van der Waals surface area (Å²) in [7, 11) is 0. The molecule has 0 unspecified atom stereocenters. The number of ketones is 2. The van der Waals surface area contributed by atoms with E-state index in [2.05, 4.69) is 0 Å². The normalized spacial score (nSPS) is 11.9. The lowest BCUT2D eigenvalue weighted by atomic mass is 9.89. The Balaban J connectivity index is 4.40. The maximum atomic E-state index is 13.8.